The second-order valence-corrected chi connectivity index (χ2v) is 18.9. The average Bonchev–Trinajstić information content (AvgIpc) is 3.50. The van der Waals surface area contributed by atoms with Crippen molar-refractivity contribution < 1.29 is 54.0 Å². The summed E-state index contributed by atoms with van der Waals surface area (Å²) in [7, 11) is 0. The van der Waals surface area contributed by atoms with Crippen molar-refractivity contribution in [3.63, 3.8) is 0 Å². The minimum absolute atomic E-state index is 0.0248. The zero-order valence-corrected chi connectivity index (χ0v) is 29.7. The maximum absolute atomic E-state index is 12.7. The summed E-state index contributed by atoms with van der Waals surface area (Å²) < 4.78 is 31.9. The van der Waals surface area contributed by atoms with Crippen LogP contribution in [0.5, 0.6) is 0 Å². The van der Waals surface area contributed by atoms with E-state index >= 15 is 0 Å². The molecule has 0 aromatic rings. The van der Waals surface area contributed by atoms with E-state index in [1.165, 1.54) is 6.92 Å². The Morgan fingerprint density at radius 2 is 1.52 bits per heavy atom. The molecular formula is C37H58O11. The van der Waals surface area contributed by atoms with E-state index in [-0.39, 0.29) is 40.8 Å². The molecule has 3 heterocycles. The number of rotatable bonds is 4. The molecule has 5 saturated carbocycles. The van der Waals surface area contributed by atoms with Gasteiger partial charge in [0.2, 0.25) is 0 Å². The number of aliphatic hydroxyl groups is 5. The van der Waals surface area contributed by atoms with Gasteiger partial charge in [-0.1, -0.05) is 20.8 Å². The maximum Gasteiger partial charge on any atom is 0.303 e. The number of carbonyl (C=O) groups is 1. The first-order chi connectivity index (χ1) is 22.3. The van der Waals surface area contributed by atoms with Gasteiger partial charge in [0.15, 0.2) is 12.1 Å². The van der Waals surface area contributed by atoms with Crippen LogP contribution in [0.1, 0.15) is 106 Å². The van der Waals surface area contributed by atoms with Gasteiger partial charge in [0.25, 0.3) is 0 Å². The zero-order valence-electron chi connectivity index (χ0n) is 29.7. The molecule has 8 aliphatic rings. The Morgan fingerprint density at radius 3 is 2.21 bits per heavy atom. The average molecular weight is 679 g/mol. The topological polar surface area (TPSA) is 164 Å². The van der Waals surface area contributed by atoms with Gasteiger partial charge in [-0.3, -0.25) is 4.79 Å². The first kappa shape index (κ1) is 34.2. The first-order valence-corrected chi connectivity index (χ1v) is 18.5. The van der Waals surface area contributed by atoms with Crippen molar-refractivity contribution in [3.05, 3.63) is 0 Å². The molecular weight excluding hydrogens is 620 g/mol. The summed E-state index contributed by atoms with van der Waals surface area (Å²) in [5, 5.41) is 54.9. The highest BCUT2D eigenvalue weighted by Crippen LogP contribution is 2.89. The highest BCUT2D eigenvalue weighted by Gasteiger charge is 2.87. The van der Waals surface area contributed by atoms with Crippen LogP contribution in [0.15, 0.2) is 0 Å². The predicted molar refractivity (Wildman–Crippen MR) is 170 cm³/mol. The Bertz CT molecular complexity index is 1350. The van der Waals surface area contributed by atoms with Crippen LogP contribution in [0.25, 0.3) is 0 Å². The molecule has 5 aliphatic carbocycles. The third kappa shape index (κ3) is 3.95. The third-order valence-corrected chi connectivity index (χ3v) is 16.4. The largest absolute Gasteiger partial charge is 0.459 e. The Kier molecular flexibility index (Phi) is 7.24. The normalized spacial score (nSPS) is 58.1. The number of carbonyl (C=O) groups excluding carboxylic acids is 1. The van der Waals surface area contributed by atoms with E-state index in [9.17, 15) is 30.3 Å². The first-order valence-electron chi connectivity index (χ1n) is 18.5. The van der Waals surface area contributed by atoms with Gasteiger partial charge in [-0.2, -0.15) is 0 Å². The van der Waals surface area contributed by atoms with Crippen LogP contribution in [0.4, 0.5) is 0 Å². The van der Waals surface area contributed by atoms with E-state index in [0.29, 0.717) is 25.4 Å². The van der Waals surface area contributed by atoms with Crippen molar-refractivity contribution in [3.8, 4) is 0 Å². The van der Waals surface area contributed by atoms with E-state index < -0.39 is 70.6 Å². The molecule has 48 heavy (non-hydrogen) atoms. The molecule has 8 rings (SSSR count). The Labute approximate surface area is 284 Å². The minimum Gasteiger partial charge on any atom is -0.459 e. The van der Waals surface area contributed by atoms with Gasteiger partial charge in [0.05, 0.1) is 31.0 Å². The van der Waals surface area contributed by atoms with E-state index in [0.717, 1.165) is 44.9 Å². The quantitative estimate of drug-likeness (QED) is 0.219. The summed E-state index contributed by atoms with van der Waals surface area (Å²) in [5.74, 6) is -1.33. The number of aliphatic hydroxyl groups excluding tert-OH is 4. The van der Waals surface area contributed by atoms with E-state index in [2.05, 4.69) is 27.7 Å². The molecule has 0 aromatic heterocycles. The molecule has 16 atom stereocenters. The Hall–Kier alpha value is -0.890. The standard InChI is InChI=1S/C37H58O11/c1-19(38)46-26-27-32(6)12-15-37(48-32,31(4,5)43)45-18-36(27)14-13-35-17-34(35)11-10-23(47-29-25(41)24(40)20(39)16-44-29)30(2,3)21(34)8-9-22(35)33(36,7)28(26)42/h20-29,39-43H,8-18H2,1-7H3/t20-,21-,22-,23+,24+,25-,26-,27+,28-,29+,32+,33-,34-,35+,36+,37+/m1/s1. The van der Waals surface area contributed by atoms with Crippen LogP contribution in [-0.4, -0.2) is 105 Å². The summed E-state index contributed by atoms with van der Waals surface area (Å²) in [6.45, 7) is 14.0. The lowest BCUT2D eigenvalue weighted by Crippen LogP contribution is -2.63. The van der Waals surface area contributed by atoms with Gasteiger partial charge in [-0.25, -0.2) is 0 Å². The van der Waals surface area contributed by atoms with E-state index in [1.807, 2.05) is 0 Å². The van der Waals surface area contributed by atoms with Gasteiger partial charge >= 0.3 is 5.97 Å². The lowest BCUT2D eigenvalue weighted by Gasteiger charge is -2.64. The molecule has 0 amide bonds. The van der Waals surface area contributed by atoms with Gasteiger partial charge in [-0.15, -0.1) is 0 Å². The monoisotopic (exact) mass is 678 g/mol. The number of ether oxygens (including phenoxy) is 5. The lowest BCUT2D eigenvalue weighted by molar-refractivity contribution is -0.317. The van der Waals surface area contributed by atoms with Crippen molar-refractivity contribution in [1.82, 2.24) is 0 Å². The molecule has 272 valence electrons. The van der Waals surface area contributed by atoms with Crippen LogP contribution < -0.4 is 0 Å². The second-order valence-electron chi connectivity index (χ2n) is 18.9. The maximum atomic E-state index is 12.7. The van der Waals surface area contributed by atoms with Gasteiger partial charge in [0.1, 0.15) is 30.0 Å². The van der Waals surface area contributed by atoms with Crippen LogP contribution in [0.3, 0.4) is 0 Å². The van der Waals surface area contributed by atoms with Crippen molar-refractivity contribution in [2.75, 3.05) is 13.2 Å². The van der Waals surface area contributed by atoms with Crippen LogP contribution >= 0.6 is 0 Å². The van der Waals surface area contributed by atoms with Gasteiger partial charge in [-0.05, 0) is 100 Å². The van der Waals surface area contributed by atoms with Crippen molar-refractivity contribution in [1.29, 1.82) is 0 Å². The molecule has 0 radical (unpaired) electrons. The molecule has 5 N–H and O–H groups in total. The highest BCUT2D eigenvalue weighted by atomic mass is 16.7. The molecule has 8 fully saturated rings. The zero-order chi connectivity index (χ0) is 34.7. The molecule has 0 unspecified atom stereocenters. The molecule has 3 spiro atoms. The predicted octanol–water partition coefficient (Wildman–Crippen LogP) is 2.81. The summed E-state index contributed by atoms with van der Waals surface area (Å²) in [4.78, 5) is 12.7. The number of hydrogen-bond acceptors (Lipinski definition) is 11. The minimum atomic E-state index is -1.32. The fourth-order valence-corrected chi connectivity index (χ4v) is 14.1. The number of fused-ring (bicyclic) bond motifs is 4. The summed E-state index contributed by atoms with van der Waals surface area (Å²) in [6, 6.07) is 0. The molecule has 11 heteroatoms. The van der Waals surface area contributed by atoms with E-state index in [4.69, 9.17) is 23.7 Å². The summed E-state index contributed by atoms with van der Waals surface area (Å²) in [6.07, 6.45) is 1.09. The van der Waals surface area contributed by atoms with Gasteiger partial charge < -0.3 is 49.2 Å². The molecule has 3 aliphatic heterocycles. The third-order valence-electron chi connectivity index (χ3n) is 16.4. The highest BCUT2D eigenvalue weighted by molar-refractivity contribution is 5.66. The lowest BCUT2D eigenvalue weighted by atomic mass is 9.41. The molecule has 11 nitrogen and oxygen atoms in total. The van der Waals surface area contributed by atoms with Crippen molar-refractivity contribution >= 4 is 5.97 Å². The molecule has 2 bridgehead atoms. The van der Waals surface area contributed by atoms with Gasteiger partial charge in [0, 0.05) is 30.1 Å². The fourth-order valence-electron chi connectivity index (χ4n) is 14.1. The van der Waals surface area contributed by atoms with Crippen molar-refractivity contribution in [2.45, 2.75) is 166 Å². The summed E-state index contributed by atoms with van der Waals surface area (Å²) in [5.41, 5.74) is -3.27. The number of esters is 1. The van der Waals surface area contributed by atoms with E-state index in [1.54, 1.807) is 13.8 Å². The van der Waals surface area contributed by atoms with Crippen LogP contribution in [-0.2, 0) is 28.5 Å². The van der Waals surface area contributed by atoms with Crippen molar-refractivity contribution in [2.24, 2.45) is 44.8 Å². The Balaban J connectivity index is 1.13. The van der Waals surface area contributed by atoms with Crippen LogP contribution in [0, 0.1) is 44.8 Å². The molecule has 3 saturated heterocycles. The SMILES string of the molecule is CC(=O)O[C@H]1[C@@H](O)[C@@]2(C)[C@H]3CC[C@@H]4C(C)(C)[C@@H](O[C@@H]5OC[C@@H](O)[C@H](O)[C@H]5O)CC[C@@]45C[C@@]35CC[C@@]23CO[C@@]2(C(C)(C)O)CC[C@](C)(O2)[C@H]13. The van der Waals surface area contributed by atoms with Crippen LogP contribution in [0.2, 0.25) is 0 Å². The smallest absolute Gasteiger partial charge is 0.303 e. The summed E-state index contributed by atoms with van der Waals surface area (Å²) >= 11 is 0. The second kappa shape index (κ2) is 10.2. The Morgan fingerprint density at radius 1 is 0.854 bits per heavy atom. The molecule has 0 aromatic carbocycles. The fraction of sp³-hybridized carbons (Fsp3) is 0.973. The number of hydrogen-bond donors (Lipinski definition) is 5.